The van der Waals surface area contributed by atoms with Crippen LogP contribution in [0, 0.1) is 6.92 Å². The van der Waals surface area contributed by atoms with Crippen molar-refractivity contribution in [1.82, 2.24) is 4.98 Å². The molecule has 1 heterocycles. The maximum Gasteiger partial charge on any atom is 0.350 e. The van der Waals surface area contributed by atoms with Crippen molar-refractivity contribution in [3.8, 4) is 0 Å². The summed E-state index contributed by atoms with van der Waals surface area (Å²) in [5, 5.41) is 0. The van der Waals surface area contributed by atoms with Crippen molar-refractivity contribution in [1.29, 1.82) is 0 Å². The Morgan fingerprint density at radius 3 is 2.43 bits per heavy atom. The molecule has 0 unspecified atom stereocenters. The van der Waals surface area contributed by atoms with E-state index in [2.05, 4.69) is 9.72 Å². The lowest BCUT2D eigenvalue weighted by Crippen LogP contribution is -1.99. The van der Waals surface area contributed by atoms with Crippen molar-refractivity contribution >= 4 is 27.1 Å². The summed E-state index contributed by atoms with van der Waals surface area (Å²) in [6, 6.07) is 0. The fourth-order valence-electron chi connectivity index (χ4n) is 0.812. The van der Waals surface area contributed by atoms with E-state index >= 15 is 0 Å². The number of esters is 1. The minimum Gasteiger partial charge on any atom is -0.465 e. The van der Waals surface area contributed by atoms with Gasteiger partial charge < -0.3 is 4.74 Å². The minimum atomic E-state index is -3.35. The topological polar surface area (TPSA) is 73.3 Å². The van der Waals surface area contributed by atoms with Crippen molar-refractivity contribution in [2.75, 3.05) is 13.4 Å². The number of methoxy groups -OCH3 is 1. The Hall–Kier alpha value is -0.950. The van der Waals surface area contributed by atoms with E-state index in [0.717, 1.165) is 17.6 Å². The summed E-state index contributed by atoms with van der Waals surface area (Å²) in [6.45, 7) is 1.57. The van der Waals surface area contributed by atoms with E-state index in [1.807, 2.05) is 0 Å². The molecule has 0 N–H and O–H groups in total. The van der Waals surface area contributed by atoms with Crippen LogP contribution in [0.15, 0.2) is 4.34 Å². The van der Waals surface area contributed by atoms with Crippen LogP contribution in [0.1, 0.15) is 15.4 Å². The number of carbonyl (C=O) groups excluding carboxylic acids is 1. The minimum absolute atomic E-state index is 0.0598. The number of ether oxygens (including phenoxy) is 1. The van der Waals surface area contributed by atoms with Crippen LogP contribution in [-0.2, 0) is 14.6 Å². The quantitative estimate of drug-likeness (QED) is 0.703. The van der Waals surface area contributed by atoms with E-state index in [9.17, 15) is 13.2 Å². The smallest absolute Gasteiger partial charge is 0.350 e. The van der Waals surface area contributed by atoms with Gasteiger partial charge >= 0.3 is 5.97 Å². The molecule has 0 fully saturated rings. The Morgan fingerprint density at radius 2 is 2.07 bits per heavy atom. The van der Waals surface area contributed by atoms with Crippen molar-refractivity contribution in [2.45, 2.75) is 11.3 Å². The standard InChI is InChI=1S/C7H9NO4S2/c1-4-5(6(9)12-2)13-7(8-4)14(3,10)11/h1-3H3. The summed E-state index contributed by atoms with van der Waals surface area (Å²) >= 11 is 0.826. The van der Waals surface area contributed by atoms with E-state index in [1.165, 1.54) is 7.11 Å². The number of thiazole rings is 1. The predicted molar refractivity (Wildman–Crippen MR) is 51.3 cm³/mol. The second-order valence-electron chi connectivity index (χ2n) is 2.66. The monoisotopic (exact) mass is 235 g/mol. The highest BCUT2D eigenvalue weighted by atomic mass is 32.2. The molecule has 0 aliphatic carbocycles. The Balaban J connectivity index is 3.25. The number of carbonyl (C=O) groups is 1. The first-order chi connectivity index (χ1) is 6.36. The number of nitrogens with zero attached hydrogens (tertiary/aromatic N) is 1. The first-order valence-electron chi connectivity index (χ1n) is 3.62. The molecule has 0 spiro atoms. The molecule has 5 nitrogen and oxygen atoms in total. The van der Waals surface area contributed by atoms with Crippen LogP contribution in [-0.4, -0.2) is 32.7 Å². The van der Waals surface area contributed by atoms with Gasteiger partial charge in [0.1, 0.15) is 4.88 Å². The van der Waals surface area contributed by atoms with Crippen LogP contribution in [0.3, 0.4) is 0 Å². The highest BCUT2D eigenvalue weighted by molar-refractivity contribution is 7.92. The zero-order chi connectivity index (χ0) is 10.9. The number of aromatic nitrogens is 1. The zero-order valence-electron chi connectivity index (χ0n) is 7.90. The highest BCUT2D eigenvalue weighted by Crippen LogP contribution is 2.22. The van der Waals surface area contributed by atoms with Gasteiger partial charge in [0.05, 0.1) is 12.8 Å². The molecule has 14 heavy (non-hydrogen) atoms. The van der Waals surface area contributed by atoms with Crippen LogP contribution < -0.4 is 0 Å². The van der Waals surface area contributed by atoms with Gasteiger partial charge in [-0.1, -0.05) is 11.3 Å². The summed E-state index contributed by atoms with van der Waals surface area (Å²) in [7, 11) is -2.11. The first kappa shape index (κ1) is 11.1. The lowest BCUT2D eigenvalue weighted by Gasteiger charge is -1.93. The normalized spacial score (nSPS) is 11.4. The average Bonchev–Trinajstić information content (AvgIpc) is 2.45. The number of aryl methyl sites for hydroxylation is 1. The second kappa shape index (κ2) is 3.66. The molecular weight excluding hydrogens is 226 g/mol. The SMILES string of the molecule is COC(=O)c1sc(S(C)(=O)=O)nc1C. The van der Waals surface area contributed by atoms with E-state index in [4.69, 9.17) is 0 Å². The molecule has 7 heteroatoms. The van der Waals surface area contributed by atoms with Gasteiger partial charge in [-0.15, -0.1) is 0 Å². The molecule has 1 rings (SSSR count). The first-order valence-corrected chi connectivity index (χ1v) is 6.33. The second-order valence-corrected chi connectivity index (χ2v) is 5.85. The zero-order valence-corrected chi connectivity index (χ0v) is 9.53. The van der Waals surface area contributed by atoms with Gasteiger partial charge in [0, 0.05) is 6.26 Å². The molecule has 0 saturated heterocycles. The molecule has 0 saturated carbocycles. The van der Waals surface area contributed by atoms with Crippen molar-refractivity contribution in [3.05, 3.63) is 10.6 Å². The molecule has 0 amide bonds. The maximum absolute atomic E-state index is 11.1. The average molecular weight is 235 g/mol. The number of sulfone groups is 1. The predicted octanol–water partition coefficient (Wildman–Crippen LogP) is 0.642. The fraction of sp³-hybridized carbons (Fsp3) is 0.429. The maximum atomic E-state index is 11.1. The number of rotatable bonds is 2. The molecule has 1 aromatic heterocycles. The summed E-state index contributed by atoms with van der Waals surface area (Å²) in [5.41, 5.74) is 0.377. The Labute approximate surface area is 85.7 Å². The third kappa shape index (κ3) is 2.10. The summed E-state index contributed by atoms with van der Waals surface area (Å²) in [4.78, 5) is 15.1. The van der Waals surface area contributed by atoms with Gasteiger partial charge in [0.15, 0.2) is 0 Å². The molecule has 1 aromatic rings. The van der Waals surface area contributed by atoms with Crippen molar-refractivity contribution in [2.24, 2.45) is 0 Å². The van der Waals surface area contributed by atoms with E-state index in [1.54, 1.807) is 6.92 Å². The third-order valence-electron chi connectivity index (χ3n) is 1.46. The van der Waals surface area contributed by atoms with E-state index in [-0.39, 0.29) is 9.22 Å². The highest BCUT2D eigenvalue weighted by Gasteiger charge is 2.20. The van der Waals surface area contributed by atoms with Gasteiger partial charge in [-0.05, 0) is 6.92 Å². The lowest BCUT2D eigenvalue weighted by atomic mass is 10.4. The summed E-state index contributed by atoms with van der Waals surface area (Å²) in [6.07, 6.45) is 1.05. The summed E-state index contributed by atoms with van der Waals surface area (Å²) in [5.74, 6) is -0.560. The number of hydrogen-bond donors (Lipinski definition) is 0. The Kier molecular flexibility index (Phi) is 2.91. The van der Waals surface area contributed by atoms with Crippen molar-refractivity contribution < 1.29 is 17.9 Å². The molecule has 0 radical (unpaired) electrons. The van der Waals surface area contributed by atoms with Gasteiger partial charge in [0.2, 0.25) is 14.2 Å². The van der Waals surface area contributed by atoms with Gasteiger partial charge in [-0.3, -0.25) is 0 Å². The lowest BCUT2D eigenvalue weighted by molar-refractivity contribution is 0.0605. The summed E-state index contributed by atoms with van der Waals surface area (Å²) < 4.78 is 26.6. The molecule has 0 atom stereocenters. The van der Waals surface area contributed by atoms with E-state index < -0.39 is 15.8 Å². The van der Waals surface area contributed by atoms with Gasteiger partial charge in [-0.2, -0.15) is 0 Å². The Morgan fingerprint density at radius 1 is 1.50 bits per heavy atom. The van der Waals surface area contributed by atoms with Crippen LogP contribution in [0.5, 0.6) is 0 Å². The molecule has 0 bridgehead atoms. The van der Waals surface area contributed by atoms with Crippen LogP contribution in [0.2, 0.25) is 0 Å². The molecule has 0 aromatic carbocycles. The third-order valence-corrected chi connectivity index (χ3v) is 4.28. The van der Waals surface area contributed by atoms with E-state index in [0.29, 0.717) is 5.69 Å². The molecule has 0 aliphatic heterocycles. The van der Waals surface area contributed by atoms with Gasteiger partial charge in [-0.25, -0.2) is 18.2 Å². The molecular formula is C7H9NO4S2. The van der Waals surface area contributed by atoms with Crippen LogP contribution in [0.25, 0.3) is 0 Å². The Bertz CT molecular complexity index is 460. The fourth-order valence-corrected chi connectivity index (χ4v) is 2.69. The van der Waals surface area contributed by atoms with Crippen LogP contribution in [0.4, 0.5) is 0 Å². The number of hydrogen-bond acceptors (Lipinski definition) is 6. The molecule has 0 aliphatic rings. The van der Waals surface area contributed by atoms with Gasteiger partial charge in [0.25, 0.3) is 0 Å². The van der Waals surface area contributed by atoms with Crippen molar-refractivity contribution in [3.63, 3.8) is 0 Å². The van der Waals surface area contributed by atoms with Crippen LogP contribution >= 0.6 is 11.3 Å². The largest absolute Gasteiger partial charge is 0.465 e. The molecule has 78 valence electrons.